The number of thioether (sulfide) groups is 1. The van der Waals surface area contributed by atoms with Crippen LogP contribution < -0.4 is 10.9 Å². The summed E-state index contributed by atoms with van der Waals surface area (Å²) >= 11 is 1.25. The van der Waals surface area contributed by atoms with Crippen LogP contribution in [0.1, 0.15) is 16.7 Å². The zero-order chi connectivity index (χ0) is 23.8. The maximum Gasteiger partial charge on any atom is 0.283 e. The van der Waals surface area contributed by atoms with Crippen LogP contribution in [0.15, 0.2) is 76.7 Å². The van der Waals surface area contributed by atoms with Gasteiger partial charge in [-0.15, -0.1) is 0 Å². The molecule has 6 nitrogen and oxygen atoms in total. The SMILES string of the molecule is Cc1cccc(NC(=O)CSc2nc3c([nH]c4ccccc43)c(=O)n2-c2cc(C)cc(C)c2)c1. The predicted octanol–water partition coefficient (Wildman–Crippen LogP) is 5.52. The fourth-order valence-electron chi connectivity index (χ4n) is 4.20. The number of benzene rings is 3. The zero-order valence-corrected chi connectivity index (χ0v) is 20.0. The van der Waals surface area contributed by atoms with Crippen LogP contribution in [0, 0.1) is 20.8 Å². The first-order chi connectivity index (χ1) is 16.4. The minimum absolute atomic E-state index is 0.124. The maximum atomic E-state index is 13.7. The molecule has 2 aromatic heterocycles. The molecule has 0 radical (unpaired) electrons. The fourth-order valence-corrected chi connectivity index (χ4v) is 5.00. The highest BCUT2D eigenvalue weighted by molar-refractivity contribution is 7.99. The first-order valence-electron chi connectivity index (χ1n) is 11.0. The number of para-hydroxylation sites is 1. The number of amides is 1. The van der Waals surface area contributed by atoms with E-state index in [1.807, 2.05) is 81.4 Å². The smallest absolute Gasteiger partial charge is 0.283 e. The van der Waals surface area contributed by atoms with Gasteiger partial charge in [0, 0.05) is 16.6 Å². The van der Waals surface area contributed by atoms with E-state index in [9.17, 15) is 9.59 Å². The minimum Gasteiger partial charge on any atom is -0.349 e. The summed E-state index contributed by atoms with van der Waals surface area (Å²) < 4.78 is 1.60. The summed E-state index contributed by atoms with van der Waals surface area (Å²) in [5, 5.41) is 4.29. The van der Waals surface area contributed by atoms with E-state index in [0.717, 1.165) is 39.0 Å². The van der Waals surface area contributed by atoms with Crippen molar-refractivity contribution in [3.05, 3.63) is 93.8 Å². The molecule has 0 saturated heterocycles. The van der Waals surface area contributed by atoms with Crippen molar-refractivity contribution < 1.29 is 4.79 Å². The summed E-state index contributed by atoms with van der Waals surface area (Å²) in [7, 11) is 0. The second-order valence-electron chi connectivity index (χ2n) is 8.48. The first kappa shape index (κ1) is 22.0. The molecule has 3 aromatic carbocycles. The van der Waals surface area contributed by atoms with Crippen LogP contribution in [0.25, 0.3) is 27.6 Å². The van der Waals surface area contributed by atoms with Gasteiger partial charge >= 0.3 is 0 Å². The summed E-state index contributed by atoms with van der Waals surface area (Å²) in [6.07, 6.45) is 0. The Morgan fingerprint density at radius 2 is 1.74 bits per heavy atom. The second-order valence-corrected chi connectivity index (χ2v) is 9.42. The maximum absolute atomic E-state index is 13.7. The molecule has 0 unspecified atom stereocenters. The third kappa shape index (κ3) is 4.22. The normalized spacial score (nSPS) is 11.3. The zero-order valence-electron chi connectivity index (χ0n) is 19.2. The molecule has 1 amide bonds. The number of carbonyl (C=O) groups excluding carboxylic acids is 1. The van der Waals surface area contributed by atoms with Gasteiger partial charge < -0.3 is 10.3 Å². The van der Waals surface area contributed by atoms with Crippen LogP contribution in [0.2, 0.25) is 0 Å². The molecule has 7 heteroatoms. The van der Waals surface area contributed by atoms with E-state index >= 15 is 0 Å². The van der Waals surface area contributed by atoms with Crippen molar-refractivity contribution in [2.24, 2.45) is 0 Å². The van der Waals surface area contributed by atoms with Gasteiger partial charge in [0.15, 0.2) is 5.16 Å². The highest BCUT2D eigenvalue weighted by atomic mass is 32.2. The van der Waals surface area contributed by atoms with Crippen LogP contribution in [0.4, 0.5) is 5.69 Å². The number of H-pyrrole nitrogens is 1. The Morgan fingerprint density at radius 1 is 0.971 bits per heavy atom. The third-order valence-electron chi connectivity index (χ3n) is 5.59. The number of hydrogen-bond donors (Lipinski definition) is 2. The summed E-state index contributed by atoms with van der Waals surface area (Å²) in [6.45, 7) is 5.98. The summed E-state index contributed by atoms with van der Waals surface area (Å²) in [5.74, 6) is -0.0326. The Labute approximate surface area is 201 Å². The van der Waals surface area contributed by atoms with E-state index in [1.165, 1.54) is 11.8 Å². The number of carbonyl (C=O) groups is 1. The van der Waals surface area contributed by atoms with Gasteiger partial charge in [-0.25, -0.2) is 4.98 Å². The number of nitrogens with zero attached hydrogens (tertiary/aromatic N) is 2. The van der Waals surface area contributed by atoms with Gasteiger partial charge in [0.1, 0.15) is 11.0 Å². The van der Waals surface area contributed by atoms with E-state index in [4.69, 9.17) is 4.98 Å². The van der Waals surface area contributed by atoms with Gasteiger partial charge in [-0.1, -0.05) is 48.2 Å². The monoisotopic (exact) mass is 468 g/mol. The highest BCUT2D eigenvalue weighted by Gasteiger charge is 2.18. The van der Waals surface area contributed by atoms with Crippen LogP contribution in [-0.4, -0.2) is 26.2 Å². The van der Waals surface area contributed by atoms with Crippen LogP contribution in [0.5, 0.6) is 0 Å². The molecule has 5 aromatic rings. The predicted molar refractivity (Wildman–Crippen MR) is 139 cm³/mol. The van der Waals surface area contributed by atoms with Crippen molar-refractivity contribution >= 4 is 45.3 Å². The average Bonchev–Trinajstić information content (AvgIpc) is 3.16. The first-order valence-corrected chi connectivity index (χ1v) is 12.0. The Morgan fingerprint density at radius 3 is 2.50 bits per heavy atom. The van der Waals surface area contributed by atoms with Crippen molar-refractivity contribution in [2.75, 3.05) is 11.1 Å². The van der Waals surface area contributed by atoms with Crippen molar-refractivity contribution in [1.29, 1.82) is 0 Å². The van der Waals surface area contributed by atoms with Crippen LogP contribution in [0.3, 0.4) is 0 Å². The molecular formula is C27H24N4O2S. The molecule has 0 saturated carbocycles. The number of rotatable bonds is 5. The standard InChI is InChI=1S/C27H24N4O2S/c1-16-7-6-8-19(12-16)28-23(32)15-34-27-30-24-21-9-4-5-10-22(21)29-25(24)26(33)31(27)20-13-17(2)11-18(3)14-20/h4-14,29H,15H2,1-3H3,(H,28,32). The van der Waals surface area contributed by atoms with E-state index in [-0.39, 0.29) is 17.2 Å². The lowest BCUT2D eigenvalue weighted by atomic mass is 10.1. The Hall–Kier alpha value is -3.84. The van der Waals surface area contributed by atoms with Gasteiger partial charge in [-0.05, 0) is 67.8 Å². The van der Waals surface area contributed by atoms with Crippen LogP contribution in [-0.2, 0) is 4.79 Å². The van der Waals surface area contributed by atoms with Gasteiger partial charge in [0.2, 0.25) is 5.91 Å². The second kappa shape index (κ2) is 8.83. The van der Waals surface area contributed by atoms with Gasteiger partial charge in [0.05, 0.1) is 11.4 Å². The van der Waals surface area contributed by atoms with E-state index in [0.29, 0.717) is 16.2 Å². The number of aromatic amines is 1. The van der Waals surface area contributed by atoms with Crippen molar-refractivity contribution in [3.63, 3.8) is 0 Å². The largest absolute Gasteiger partial charge is 0.349 e. The van der Waals surface area contributed by atoms with Crippen molar-refractivity contribution in [2.45, 2.75) is 25.9 Å². The molecule has 2 N–H and O–H groups in total. The molecule has 5 rings (SSSR count). The minimum atomic E-state index is -0.187. The van der Waals surface area contributed by atoms with Gasteiger partial charge in [0.25, 0.3) is 5.56 Å². The number of anilines is 1. The molecule has 2 heterocycles. The van der Waals surface area contributed by atoms with E-state index in [1.54, 1.807) is 4.57 Å². The van der Waals surface area contributed by atoms with Crippen molar-refractivity contribution in [3.8, 4) is 5.69 Å². The molecule has 0 aliphatic rings. The number of aromatic nitrogens is 3. The lowest BCUT2D eigenvalue weighted by Crippen LogP contribution is -2.23. The lowest BCUT2D eigenvalue weighted by Gasteiger charge is -2.14. The number of nitrogens with one attached hydrogen (secondary N) is 2. The lowest BCUT2D eigenvalue weighted by molar-refractivity contribution is -0.113. The molecule has 0 aliphatic carbocycles. The molecular weight excluding hydrogens is 444 g/mol. The molecule has 0 bridgehead atoms. The molecule has 0 fully saturated rings. The quantitative estimate of drug-likeness (QED) is 0.263. The molecule has 0 atom stereocenters. The van der Waals surface area contributed by atoms with Crippen LogP contribution >= 0.6 is 11.8 Å². The van der Waals surface area contributed by atoms with Crippen molar-refractivity contribution in [1.82, 2.24) is 14.5 Å². The average molecular weight is 469 g/mol. The number of aryl methyl sites for hydroxylation is 3. The topological polar surface area (TPSA) is 79.8 Å². The summed E-state index contributed by atoms with van der Waals surface area (Å²) in [6, 6.07) is 21.4. The highest BCUT2D eigenvalue weighted by Crippen LogP contribution is 2.27. The van der Waals surface area contributed by atoms with E-state index in [2.05, 4.69) is 16.4 Å². The molecule has 0 aliphatic heterocycles. The molecule has 170 valence electrons. The Balaban J connectivity index is 1.59. The third-order valence-corrected chi connectivity index (χ3v) is 6.53. The van der Waals surface area contributed by atoms with E-state index < -0.39 is 0 Å². The Bertz CT molecular complexity index is 1600. The molecule has 34 heavy (non-hydrogen) atoms. The summed E-state index contributed by atoms with van der Waals surface area (Å²) in [4.78, 5) is 34.5. The Kier molecular flexibility index (Phi) is 5.71. The van der Waals surface area contributed by atoms with Gasteiger partial charge in [-0.3, -0.25) is 14.2 Å². The van der Waals surface area contributed by atoms with Gasteiger partial charge in [-0.2, -0.15) is 0 Å². The number of hydrogen-bond acceptors (Lipinski definition) is 4. The summed E-state index contributed by atoms with van der Waals surface area (Å²) in [5.41, 5.74) is 6.38. The molecule has 0 spiro atoms. The fraction of sp³-hybridized carbons (Fsp3) is 0.148. The number of fused-ring (bicyclic) bond motifs is 3.